The van der Waals surface area contributed by atoms with Crippen molar-refractivity contribution < 1.29 is 0 Å². The molecule has 0 unspecified atom stereocenters. The van der Waals surface area contributed by atoms with Crippen LogP contribution in [0, 0.1) is 11.8 Å². The first-order valence-corrected chi connectivity index (χ1v) is 5.52. The van der Waals surface area contributed by atoms with Gasteiger partial charge in [0.25, 0.3) is 0 Å². The van der Waals surface area contributed by atoms with Crippen LogP contribution in [-0.2, 0) is 0 Å². The second-order valence-electron chi connectivity index (χ2n) is 5.30. The van der Waals surface area contributed by atoms with E-state index < -0.39 is 0 Å². The molecule has 3 heteroatoms. The Morgan fingerprint density at radius 2 is 1.79 bits per heavy atom. The molecule has 1 rings (SSSR count). The number of nitrogens with zero attached hydrogens (tertiary/aromatic N) is 1. The van der Waals surface area contributed by atoms with Gasteiger partial charge < -0.3 is 11.1 Å². The van der Waals surface area contributed by atoms with Crippen molar-refractivity contribution in [1.29, 1.82) is 0 Å². The van der Waals surface area contributed by atoms with E-state index in [1.165, 1.54) is 0 Å². The van der Waals surface area contributed by atoms with Gasteiger partial charge in [0.1, 0.15) is 0 Å². The van der Waals surface area contributed by atoms with Gasteiger partial charge in [0.05, 0.1) is 12.1 Å². The second kappa shape index (κ2) is 4.20. The maximum atomic E-state index is 5.70. The zero-order valence-corrected chi connectivity index (χ0v) is 9.80. The average Bonchev–Trinajstić information content (AvgIpc) is 2.28. The molecule has 82 valence electrons. The van der Waals surface area contributed by atoms with Gasteiger partial charge in [-0.15, -0.1) is 0 Å². The van der Waals surface area contributed by atoms with Gasteiger partial charge in [-0.05, 0) is 24.7 Å². The SMILES string of the molecule is CC(C)CC1(CC(C)C)CN=C(N)N1. The van der Waals surface area contributed by atoms with Crippen molar-refractivity contribution in [2.75, 3.05) is 6.54 Å². The van der Waals surface area contributed by atoms with Crippen LogP contribution in [-0.4, -0.2) is 18.0 Å². The summed E-state index contributed by atoms with van der Waals surface area (Å²) >= 11 is 0. The Morgan fingerprint density at radius 3 is 2.07 bits per heavy atom. The number of hydrogen-bond donors (Lipinski definition) is 2. The number of hydrogen-bond acceptors (Lipinski definition) is 3. The summed E-state index contributed by atoms with van der Waals surface area (Å²) in [6.45, 7) is 9.84. The molecule has 0 aliphatic carbocycles. The first-order chi connectivity index (χ1) is 6.43. The molecule has 1 aliphatic heterocycles. The molecular formula is C11H23N3. The number of nitrogens with one attached hydrogen (secondary N) is 1. The summed E-state index contributed by atoms with van der Waals surface area (Å²) < 4.78 is 0. The van der Waals surface area contributed by atoms with Gasteiger partial charge in [-0.1, -0.05) is 27.7 Å². The van der Waals surface area contributed by atoms with Crippen molar-refractivity contribution in [3.8, 4) is 0 Å². The molecule has 0 saturated carbocycles. The normalized spacial score (nSPS) is 20.0. The summed E-state index contributed by atoms with van der Waals surface area (Å²) in [4.78, 5) is 4.28. The first kappa shape index (κ1) is 11.3. The molecule has 0 aromatic heterocycles. The first-order valence-electron chi connectivity index (χ1n) is 5.52. The van der Waals surface area contributed by atoms with Crippen LogP contribution in [0.3, 0.4) is 0 Å². The molecule has 0 bridgehead atoms. The predicted molar refractivity (Wildman–Crippen MR) is 61.3 cm³/mol. The highest BCUT2D eigenvalue weighted by molar-refractivity contribution is 5.80. The van der Waals surface area contributed by atoms with E-state index in [2.05, 4.69) is 38.0 Å². The lowest BCUT2D eigenvalue weighted by Crippen LogP contribution is -2.49. The summed E-state index contributed by atoms with van der Waals surface area (Å²) in [6, 6.07) is 0. The molecule has 0 aromatic rings. The topological polar surface area (TPSA) is 50.4 Å². The molecule has 0 amide bonds. The third-order valence-electron chi connectivity index (χ3n) is 2.54. The van der Waals surface area contributed by atoms with Crippen molar-refractivity contribution in [2.45, 2.75) is 46.1 Å². The van der Waals surface area contributed by atoms with E-state index in [0.29, 0.717) is 17.8 Å². The minimum atomic E-state index is 0.131. The number of nitrogens with two attached hydrogens (primary N) is 1. The van der Waals surface area contributed by atoms with Gasteiger partial charge in [0, 0.05) is 0 Å². The van der Waals surface area contributed by atoms with Crippen LogP contribution in [0.25, 0.3) is 0 Å². The van der Waals surface area contributed by atoms with Crippen LogP contribution in [0.2, 0.25) is 0 Å². The smallest absolute Gasteiger partial charge is 0.189 e. The molecule has 3 N–H and O–H groups in total. The highest BCUT2D eigenvalue weighted by Gasteiger charge is 2.35. The number of aliphatic imine (C=N–C) groups is 1. The van der Waals surface area contributed by atoms with Gasteiger partial charge in [0.15, 0.2) is 5.96 Å². The van der Waals surface area contributed by atoms with Crippen LogP contribution < -0.4 is 11.1 Å². The molecular weight excluding hydrogens is 174 g/mol. The lowest BCUT2D eigenvalue weighted by Gasteiger charge is -2.32. The molecule has 14 heavy (non-hydrogen) atoms. The van der Waals surface area contributed by atoms with Crippen LogP contribution in [0.15, 0.2) is 4.99 Å². The van der Waals surface area contributed by atoms with Crippen molar-refractivity contribution in [3.05, 3.63) is 0 Å². The van der Waals surface area contributed by atoms with Gasteiger partial charge >= 0.3 is 0 Å². The minimum absolute atomic E-state index is 0.131. The Morgan fingerprint density at radius 1 is 1.29 bits per heavy atom. The van der Waals surface area contributed by atoms with Crippen molar-refractivity contribution in [3.63, 3.8) is 0 Å². The van der Waals surface area contributed by atoms with E-state index in [1.807, 2.05) is 0 Å². The number of rotatable bonds is 4. The summed E-state index contributed by atoms with van der Waals surface area (Å²) in [5.41, 5.74) is 5.83. The van der Waals surface area contributed by atoms with Crippen LogP contribution in [0.5, 0.6) is 0 Å². The quantitative estimate of drug-likeness (QED) is 0.721. The predicted octanol–water partition coefficient (Wildman–Crippen LogP) is 1.74. The van der Waals surface area contributed by atoms with E-state index in [1.54, 1.807) is 0 Å². The Balaban J connectivity index is 2.62. The zero-order valence-electron chi connectivity index (χ0n) is 9.80. The molecule has 1 aliphatic rings. The molecule has 0 radical (unpaired) electrons. The monoisotopic (exact) mass is 197 g/mol. The maximum Gasteiger partial charge on any atom is 0.189 e. The summed E-state index contributed by atoms with van der Waals surface area (Å²) in [7, 11) is 0. The highest BCUT2D eigenvalue weighted by Crippen LogP contribution is 2.27. The third-order valence-corrected chi connectivity index (χ3v) is 2.54. The van der Waals surface area contributed by atoms with Crippen LogP contribution in [0.1, 0.15) is 40.5 Å². The lowest BCUT2D eigenvalue weighted by atomic mass is 9.82. The summed E-state index contributed by atoms with van der Waals surface area (Å²) in [5, 5.41) is 3.36. The number of guanidine groups is 1. The Labute approximate surface area is 87.2 Å². The molecule has 0 spiro atoms. The van der Waals surface area contributed by atoms with E-state index in [0.717, 1.165) is 19.4 Å². The molecule has 0 fully saturated rings. The minimum Gasteiger partial charge on any atom is -0.370 e. The Hall–Kier alpha value is -0.730. The zero-order chi connectivity index (χ0) is 10.8. The van der Waals surface area contributed by atoms with Gasteiger partial charge in [-0.25, -0.2) is 0 Å². The fraction of sp³-hybridized carbons (Fsp3) is 0.909. The van der Waals surface area contributed by atoms with E-state index in [4.69, 9.17) is 5.73 Å². The molecule has 0 saturated heterocycles. The van der Waals surface area contributed by atoms with Gasteiger partial charge in [-0.2, -0.15) is 0 Å². The van der Waals surface area contributed by atoms with Crippen molar-refractivity contribution in [2.24, 2.45) is 22.6 Å². The standard InChI is InChI=1S/C11H23N3/c1-8(2)5-11(6-9(3)4)7-13-10(12)14-11/h8-9H,5-7H2,1-4H3,(H3,12,13,14). The van der Waals surface area contributed by atoms with E-state index in [-0.39, 0.29) is 5.54 Å². The van der Waals surface area contributed by atoms with E-state index >= 15 is 0 Å². The van der Waals surface area contributed by atoms with Crippen molar-refractivity contribution >= 4 is 5.96 Å². The van der Waals surface area contributed by atoms with Crippen molar-refractivity contribution in [1.82, 2.24) is 5.32 Å². The third kappa shape index (κ3) is 2.89. The van der Waals surface area contributed by atoms with Gasteiger partial charge in [-0.3, -0.25) is 4.99 Å². The molecule has 3 nitrogen and oxygen atoms in total. The Bertz CT molecular complexity index is 209. The maximum absolute atomic E-state index is 5.70. The fourth-order valence-corrected chi connectivity index (χ4v) is 2.46. The highest BCUT2D eigenvalue weighted by atomic mass is 15.2. The lowest BCUT2D eigenvalue weighted by molar-refractivity contribution is 0.277. The summed E-state index contributed by atoms with van der Waals surface area (Å²) in [5.74, 6) is 1.98. The van der Waals surface area contributed by atoms with Gasteiger partial charge in [0.2, 0.25) is 0 Å². The summed E-state index contributed by atoms with van der Waals surface area (Å²) in [6.07, 6.45) is 2.30. The van der Waals surface area contributed by atoms with Crippen LogP contribution in [0.4, 0.5) is 0 Å². The van der Waals surface area contributed by atoms with Crippen LogP contribution >= 0.6 is 0 Å². The largest absolute Gasteiger partial charge is 0.370 e. The Kier molecular flexibility index (Phi) is 3.40. The molecule has 1 heterocycles. The fourth-order valence-electron chi connectivity index (χ4n) is 2.46. The molecule has 0 aromatic carbocycles. The molecule has 0 atom stereocenters. The average molecular weight is 197 g/mol. The van der Waals surface area contributed by atoms with E-state index in [9.17, 15) is 0 Å². The second-order valence-corrected chi connectivity index (χ2v) is 5.30.